The molecule has 0 bridgehead atoms. The standard InChI is InChI=1S/C21H25NO3/c1-20(2,3)25-19(24)16-8-9-21(18(16)23)10-11-22-15(13-21)12-14-6-4-5-7-17(14)22/h4-7,12,16H,8-11,13H2,1-3H3. The molecule has 2 heterocycles. The number of para-hydroxylation sites is 1. The summed E-state index contributed by atoms with van der Waals surface area (Å²) in [7, 11) is 0. The number of carbonyl (C=O) groups is 2. The van der Waals surface area contributed by atoms with Gasteiger partial charge in [0, 0.05) is 29.6 Å². The predicted octanol–water partition coefficient (Wildman–Crippen LogP) is 3.89. The topological polar surface area (TPSA) is 48.3 Å². The SMILES string of the molecule is CC(C)(C)OC(=O)C1CCC2(CCn3c(cc4ccccc43)C2)C1=O. The van der Waals surface area contributed by atoms with Gasteiger partial charge in [-0.1, -0.05) is 18.2 Å². The third-order valence-corrected chi connectivity index (χ3v) is 5.67. The first-order chi connectivity index (χ1) is 11.8. The largest absolute Gasteiger partial charge is 0.459 e. The molecule has 25 heavy (non-hydrogen) atoms. The van der Waals surface area contributed by atoms with Crippen LogP contribution in [0.25, 0.3) is 10.9 Å². The van der Waals surface area contributed by atoms with Gasteiger partial charge in [-0.25, -0.2) is 0 Å². The highest BCUT2D eigenvalue weighted by atomic mass is 16.6. The molecule has 0 amide bonds. The Morgan fingerprint density at radius 3 is 2.76 bits per heavy atom. The third kappa shape index (κ3) is 2.68. The van der Waals surface area contributed by atoms with E-state index in [1.54, 1.807) is 0 Å². The highest BCUT2D eigenvalue weighted by Gasteiger charge is 2.52. The van der Waals surface area contributed by atoms with Crippen LogP contribution in [0.5, 0.6) is 0 Å². The van der Waals surface area contributed by atoms with Crippen molar-refractivity contribution in [2.75, 3.05) is 0 Å². The number of aryl methyl sites for hydroxylation is 1. The highest BCUT2D eigenvalue weighted by Crippen LogP contribution is 2.47. The number of hydrogen-bond donors (Lipinski definition) is 0. The van der Waals surface area contributed by atoms with E-state index >= 15 is 0 Å². The summed E-state index contributed by atoms with van der Waals surface area (Å²) in [5.74, 6) is -0.839. The number of ether oxygens (including phenoxy) is 1. The lowest BCUT2D eigenvalue weighted by molar-refractivity contribution is -0.162. The zero-order valence-corrected chi connectivity index (χ0v) is 15.2. The maximum Gasteiger partial charge on any atom is 0.317 e. The quantitative estimate of drug-likeness (QED) is 0.585. The van der Waals surface area contributed by atoms with E-state index in [1.165, 1.54) is 16.6 Å². The first kappa shape index (κ1) is 16.4. The maximum absolute atomic E-state index is 13.1. The summed E-state index contributed by atoms with van der Waals surface area (Å²) < 4.78 is 7.81. The van der Waals surface area contributed by atoms with Crippen molar-refractivity contribution in [2.24, 2.45) is 11.3 Å². The van der Waals surface area contributed by atoms with Gasteiger partial charge in [0.2, 0.25) is 0 Å². The van der Waals surface area contributed by atoms with Gasteiger partial charge < -0.3 is 9.30 Å². The highest BCUT2D eigenvalue weighted by molar-refractivity contribution is 6.04. The van der Waals surface area contributed by atoms with Crippen molar-refractivity contribution in [2.45, 2.75) is 58.6 Å². The summed E-state index contributed by atoms with van der Waals surface area (Å²) in [5, 5.41) is 1.23. The van der Waals surface area contributed by atoms with Crippen LogP contribution in [0.4, 0.5) is 0 Å². The van der Waals surface area contributed by atoms with Crippen molar-refractivity contribution in [3.8, 4) is 0 Å². The Bertz CT molecular complexity index is 858. The molecule has 4 rings (SSSR count). The summed E-state index contributed by atoms with van der Waals surface area (Å²) in [4.78, 5) is 25.6. The zero-order valence-electron chi connectivity index (χ0n) is 15.2. The van der Waals surface area contributed by atoms with Crippen LogP contribution in [0.3, 0.4) is 0 Å². The van der Waals surface area contributed by atoms with Crippen LogP contribution < -0.4 is 0 Å². The van der Waals surface area contributed by atoms with E-state index < -0.39 is 11.5 Å². The number of aromatic nitrogens is 1. The minimum atomic E-state index is -0.588. The van der Waals surface area contributed by atoms with Crippen LogP contribution in [0, 0.1) is 11.3 Å². The molecule has 2 aliphatic rings. The third-order valence-electron chi connectivity index (χ3n) is 5.67. The lowest BCUT2D eigenvalue weighted by Gasteiger charge is -2.33. The lowest BCUT2D eigenvalue weighted by Crippen LogP contribution is -2.39. The molecule has 1 aromatic carbocycles. The van der Waals surface area contributed by atoms with E-state index in [1.807, 2.05) is 26.8 Å². The number of carbonyl (C=O) groups excluding carboxylic acids is 2. The number of ketones is 1. The van der Waals surface area contributed by atoms with Gasteiger partial charge in [0.25, 0.3) is 0 Å². The second-order valence-corrected chi connectivity index (χ2v) is 8.54. The van der Waals surface area contributed by atoms with Gasteiger partial charge in [0.1, 0.15) is 11.5 Å². The molecule has 0 radical (unpaired) electrons. The van der Waals surface area contributed by atoms with Crippen LogP contribution in [0.1, 0.15) is 45.7 Å². The molecule has 2 atom stereocenters. The van der Waals surface area contributed by atoms with Crippen LogP contribution in [-0.4, -0.2) is 21.9 Å². The average Bonchev–Trinajstić information content (AvgIpc) is 3.04. The fraction of sp³-hybridized carbons (Fsp3) is 0.524. The monoisotopic (exact) mass is 339 g/mol. The average molecular weight is 339 g/mol. The molecule has 0 saturated heterocycles. The van der Waals surface area contributed by atoms with Crippen molar-refractivity contribution in [3.63, 3.8) is 0 Å². The van der Waals surface area contributed by atoms with E-state index in [-0.39, 0.29) is 17.2 Å². The Balaban J connectivity index is 1.60. The molecule has 2 aromatic rings. The van der Waals surface area contributed by atoms with E-state index in [2.05, 4.69) is 28.8 Å². The molecule has 4 heteroatoms. The minimum Gasteiger partial charge on any atom is -0.459 e. The summed E-state index contributed by atoms with van der Waals surface area (Å²) in [6, 6.07) is 10.6. The van der Waals surface area contributed by atoms with Crippen LogP contribution in [0.2, 0.25) is 0 Å². The fourth-order valence-electron chi connectivity index (χ4n) is 4.50. The number of hydrogen-bond acceptors (Lipinski definition) is 3. The summed E-state index contributed by atoms with van der Waals surface area (Å²) in [6.07, 6.45) is 2.96. The summed E-state index contributed by atoms with van der Waals surface area (Å²) in [6.45, 7) is 6.38. The molecule has 1 aromatic heterocycles. The van der Waals surface area contributed by atoms with Crippen molar-refractivity contribution in [1.29, 1.82) is 0 Å². The molecule has 1 aliphatic heterocycles. The molecule has 2 unspecified atom stereocenters. The maximum atomic E-state index is 13.1. The van der Waals surface area contributed by atoms with E-state index in [4.69, 9.17) is 4.74 Å². The van der Waals surface area contributed by atoms with Gasteiger partial charge in [0.05, 0.1) is 0 Å². The van der Waals surface area contributed by atoms with Crippen molar-refractivity contribution < 1.29 is 14.3 Å². The number of rotatable bonds is 1. The van der Waals surface area contributed by atoms with Crippen LogP contribution in [-0.2, 0) is 27.3 Å². The number of esters is 1. The molecule has 1 saturated carbocycles. The molecular weight excluding hydrogens is 314 g/mol. The van der Waals surface area contributed by atoms with Crippen molar-refractivity contribution in [1.82, 2.24) is 4.57 Å². The van der Waals surface area contributed by atoms with Gasteiger partial charge in [-0.3, -0.25) is 9.59 Å². The Kier molecular flexibility index (Phi) is 3.57. The molecule has 1 spiro atoms. The molecule has 1 fully saturated rings. The van der Waals surface area contributed by atoms with Gasteiger partial charge in [0.15, 0.2) is 5.78 Å². The molecule has 1 aliphatic carbocycles. The Hall–Kier alpha value is -2.10. The second kappa shape index (κ2) is 5.45. The molecule has 132 valence electrons. The number of fused-ring (bicyclic) bond motifs is 3. The van der Waals surface area contributed by atoms with Gasteiger partial charge in [-0.2, -0.15) is 0 Å². The second-order valence-electron chi connectivity index (χ2n) is 8.54. The number of benzene rings is 1. The molecular formula is C21H25NO3. The van der Waals surface area contributed by atoms with E-state index in [0.29, 0.717) is 6.42 Å². The first-order valence-electron chi connectivity index (χ1n) is 9.13. The normalized spacial score (nSPS) is 26.2. The Morgan fingerprint density at radius 2 is 2.00 bits per heavy atom. The summed E-state index contributed by atoms with van der Waals surface area (Å²) in [5.41, 5.74) is 1.52. The first-order valence-corrected chi connectivity index (χ1v) is 9.13. The Morgan fingerprint density at radius 1 is 1.24 bits per heavy atom. The van der Waals surface area contributed by atoms with E-state index in [9.17, 15) is 9.59 Å². The van der Waals surface area contributed by atoms with Crippen LogP contribution >= 0.6 is 0 Å². The van der Waals surface area contributed by atoms with Gasteiger partial charge in [-0.05, 0) is 57.6 Å². The van der Waals surface area contributed by atoms with Crippen molar-refractivity contribution in [3.05, 3.63) is 36.0 Å². The zero-order chi connectivity index (χ0) is 17.8. The summed E-state index contributed by atoms with van der Waals surface area (Å²) >= 11 is 0. The Labute approximate surface area is 148 Å². The number of Topliss-reactive ketones (excluding diaryl/α,β-unsaturated/α-hetero) is 1. The molecule has 4 nitrogen and oxygen atoms in total. The van der Waals surface area contributed by atoms with Gasteiger partial charge >= 0.3 is 5.97 Å². The lowest BCUT2D eigenvalue weighted by atomic mass is 9.75. The van der Waals surface area contributed by atoms with E-state index in [0.717, 1.165) is 25.8 Å². The fourth-order valence-corrected chi connectivity index (χ4v) is 4.50. The minimum absolute atomic E-state index is 0.0956. The van der Waals surface area contributed by atoms with Gasteiger partial charge in [-0.15, -0.1) is 0 Å². The predicted molar refractivity (Wildman–Crippen MR) is 96.3 cm³/mol. The number of nitrogens with zero attached hydrogens (tertiary/aromatic N) is 1. The van der Waals surface area contributed by atoms with Crippen molar-refractivity contribution >= 4 is 22.7 Å². The smallest absolute Gasteiger partial charge is 0.317 e. The van der Waals surface area contributed by atoms with Crippen LogP contribution in [0.15, 0.2) is 30.3 Å². The molecule has 0 N–H and O–H groups in total.